The molecule has 0 fully saturated rings. The van der Waals surface area contributed by atoms with Gasteiger partial charge in [-0.05, 0) is 30.7 Å². The van der Waals surface area contributed by atoms with E-state index in [4.69, 9.17) is 0 Å². The average Bonchev–Trinajstić information content (AvgIpc) is 2.55. The van der Waals surface area contributed by atoms with Gasteiger partial charge < -0.3 is 0 Å². The minimum atomic E-state index is -3.94. The third-order valence-electron chi connectivity index (χ3n) is 3.98. The Morgan fingerprint density at radius 1 is 1.08 bits per heavy atom. The molecule has 1 aliphatic heterocycles. The summed E-state index contributed by atoms with van der Waals surface area (Å²) in [5, 5.41) is 0. The molecule has 0 radical (unpaired) electrons. The van der Waals surface area contributed by atoms with E-state index in [-0.39, 0.29) is 11.3 Å². The molecule has 2 aromatic rings. The van der Waals surface area contributed by atoms with E-state index in [0.29, 0.717) is 5.56 Å². The van der Waals surface area contributed by atoms with Crippen LogP contribution in [0, 0.1) is 12.7 Å². The first kappa shape index (κ1) is 16.4. The number of hydrogen-bond acceptors (Lipinski definition) is 3. The number of hydrogen-bond donors (Lipinski definition) is 0. The van der Waals surface area contributed by atoms with Gasteiger partial charge in [-0.25, -0.2) is 17.1 Å². The topological polar surface area (TPSA) is 54.5 Å². The van der Waals surface area contributed by atoms with E-state index in [1.807, 2.05) is 6.92 Å². The fourth-order valence-electron chi connectivity index (χ4n) is 2.64. The average molecular weight is 345 g/mol. The first-order chi connectivity index (χ1) is 11.4. The largest absolute Gasteiger partial charge is 0.273 e. The zero-order valence-corrected chi connectivity index (χ0v) is 13.8. The Morgan fingerprint density at radius 2 is 1.75 bits per heavy atom. The van der Waals surface area contributed by atoms with Crippen molar-refractivity contribution in [1.29, 1.82) is 0 Å². The lowest BCUT2D eigenvalue weighted by molar-refractivity contribution is -0.125. The number of aryl methyl sites for hydroxylation is 1. The van der Waals surface area contributed by atoms with Gasteiger partial charge in [-0.1, -0.05) is 42.0 Å². The second-order valence-corrected chi connectivity index (χ2v) is 7.50. The monoisotopic (exact) mass is 345 g/mol. The molecule has 1 atom stereocenters. The van der Waals surface area contributed by atoms with Gasteiger partial charge in [0.25, 0.3) is 10.0 Å². The predicted molar refractivity (Wildman–Crippen MR) is 88.1 cm³/mol. The minimum absolute atomic E-state index is 0.0513. The first-order valence-electron chi connectivity index (χ1n) is 7.46. The van der Waals surface area contributed by atoms with Crippen molar-refractivity contribution in [1.82, 2.24) is 4.31 Å². The predicted octanol–water partition coefficient (Wildman–Crippen LogP) is 3.35. The molecule has 1 amide bonds. The van der Waals surface area contributed by atoms with Crippen molar-refractivity contribution in [2.45, 2.75) is 24.2 Å². The summed E-state index contributed by atoms with van der Waals surface area (Å²) in [7, 11) is -3.94. The van der Waals surface area contributed by atoms with E-state index in [0.717, 1.165) is 9.87 Å². The molecule has 2 aromatic carbocycles. The highest BCUT2D eigenvalue weighted by molar-refractivity contribution is 7.89. The summed E-state index contributed by atoms with van der Waals surface area (Å²) in [5.74, 6) is -1.45. The summed E-state index contributed by atoms with van der Waals surface area (Å²) in [6.07, 6.45) is 2.67. The molecule has 1 heterocycles. The number of carbonyl (C=O) groups excluding carboxylic acids is 1. The Balaban J connectivity index is 1.92. The van der Waals surface area contributed by atoms with Crippen LogP contribution in [-0.2, 0) is 14.8 Å². The highest BCUT2D eigenvalue weighted by Gasteiger charge is 2.32. The molecular formula is C18H16FNO3S. The summed E-state index contributed by atoms with van der Waals surface area (Å²) < 4.78 is 39.8. The molecule has 6 heteroatoms. The van der Waals surface area contributed by atoms with Crippen molar-refractivity contribution in [3.8, 4) is 0 Å². The van der Waals surface area contributed by atoms with Crippen LogP contribution in [0.3, 0.4) is 0 Å². The van der Waals surface area contributed by atoms with Gasteiger partial charge >= 0.3 is 0 Å². The summed E-state index contributed by atoms with van der Waals surface area (Å²) in [6.45, 7) is 1.85. The highest BCUT2D eigenvalue weighted by atomic mass is 32.2. The Labute approximate surface area is 140 Å². The Bertz CT molecular complexity index is 904. The van der Waals surface area contributed by atoms with E-state index in [9.17, 15) is 17.6 Å². The molecule has 0 aromatic heterocycles. The van der Waals surface area contributed by atoms with E-state index < -0.39 is 27.7 Å². The molecule has 0 saturated carbocycles. The van der Waals surface area contributed by atoms with Gasteiger partial charge in [-0.15, -0.1) is 0 Å². The molecule has 1 aliphatic rings. The van der Waals surface area contributed by atoms with Crippen molar-refractivity contribution in [2.24, 2.45) is 0 Å². The maximum atomic E-state index is 13.9. The van der Waals surface area contributed by atoms with Crippen LogP contribution in [0.5, 0.6) is 0 Å². The number of benzene rings is 2. The van der Waals surface area contributed by atoms with Crippen LogP contribution in [0.1, 0.15) is 23.5 Å². The molecule has 3 rings (SSSR count). The van der Waals surface area contributed by atoms with Crippen molar-refractivity contribution >= 4 is 15.9 Å². The molecule has 1 unspecified atom stereocenters. The highest BCUT2D eigenvalue weighted by Crippen LogP contribution is 2.30. The SMILES string of the molecule is Cc1ccc(S(=O)(=O)N2C=CC(c3ccccc3F)CC2=O)cc1. The fourth-order valence-corrected chi connectivity index (χ4v) is 3.92. The molecule has 0 spiro atoms. The first-order valence-corrected chi connectivity index (χ1v) is 8.90. The smallest absolute Gasteiger partial charge is 0.270 e. The summed E-state index contributed by atoms with van der Waals surface area (Å²) >= 11 is 0. The van der Waals surface area contributed by atoms with E-state index >= 15 is 0 Å². The number of sulfonamides is 1. The molecule has 24 heavy (non-hydrogen) atoms. The second-order valence-electron chi connectivity index (χ2n) is 5.68. The van der Waals surface area contributed by atoms with Crippen LogP contribution >= 0.6 is 0 Å². The van der Waals surface area contributed by atoms with Crippen LogP contribution in [-0.4, -0.2) is 18.6 Å². The maximum Gasteiger partial charge on any atom is 0.270 e. The molecular weight excluding hydrogens is 329 g/mol. The molecule has 0 bridgehead atoms. The quantitative estimate of drug-likeness (QED) is 0.857. The van der Waals surface area contributed by atoms with Gasteiger partial charge in [0.2, 0.25) is 5.91 Å². The lowest BCUT2D eigenvalue weighted by Crippen LogP contribution is -2.35. The number of amides is 1. The third kappa shape index (κ3) is 2.97. The van der Waals surface area contributed by atoms with Crippen LogP contribution in [0.25, 0.3) is 0 Å². The van der Waals surface area contributed by atoms with Gasteiger partial charge in [-0.3, -0.25) is 4.79 Å². The Kier molecular flexibility index (Phi) is 4.24. The number of rotatable bonds is 3. The normalized spacial score (nSPS) is 18.0. The van der Waals surface area contributed by atoms with Gasteiger partial charge in [0, 0.05) is 18.5 Å². The van der Waals surface area contributed by atoms with Crippen molar-refractivity contribution in [3.05, 3.63) is 77.8 Å². The van der Waals surface area contributed by atoms with Crippen molar-refractivity contribution < 1.29 is 17.6 Å². The zero-order chi connectivity index (χ0) is 17.3. The lowest BCUT2D eigenvalue weighted by atomic mass is 9.93. The number of halogens is 1. The molecule has 0 saturated heterocycles. The van der Waals surface area contributed by atoms with Gasteiger partial charge in [-0.2, -0.15) is 0 Å². The second kappa shape index (κ2) is 6.20. The van der Waals surface area contributed by atoms with Crippen molar-refractivity contribution in [3.63, 3.8) is 0 Å². The van der Waals surface area contributed by atoms with Crippen molar-refractivity contribution in [2.75, 3.05) is 0 Å². The molecule has 124 valence electrons. The number of carbonyl (C=O) groups is 1. The zero-order valence-electron chi connectivity index (χ0n) is 13.0. The van der Waals surface area contributed by atoms with Gasteiger partial charge in [0.1, 0.15) is 5.82 Å². The van der Waals surface area contributed by atoms with Crippen LogP contribution in [0.4, 0.5) is 4.39 Å². The van der Waals surface area contributed by atoms with Crippen LogP contribution in [0.2, 0.25) is 0 Å². The van der Waals surface area contributed by atoms with E-state index in [1.54, 1.807) is 36.4 Å². The summed E-state index contributed by atoms with van der Waals surface area (Å²) in [5.41, 5.74) is 1.31. The Morgan fingerprint density at radius 3 is 2.38 bits per heavy atom. The van der Waals surface area contributed by atoms with Crippen LogP contribution < -0.4 is 0 Å². The molecule has 0 N–H and O–H groups in total. The van der Waals surface area contributed by atoms with E-state index in [1.165, 1.54) is 24.4 Å². The third-order valence-corrected chi connectivity index (χ3v) is 5.69. The Hall–Kier alpha value is -2.47. The molecule has 4 nitrogen and oxygen atoms in total. The van der Waals surface area contributed by atoms with E-state index in [2.05, 4.69) is 0 Å². The van der Waals surface area contributed by atoms with Gasteiger partial charge in [0.05, 0.1) is 4.90 Å². The van der Waals surface area contributed by atoms with Crippen LogP contribution in [0.15, 0.2) is 65.7 Å². The number of allylic oxidation sites excluding steroid dienone is 1. The standard InChI is InChI=1S/C18H16FNO3S/c1-13-6-8-15(9-7-13)24(22,23)20-11-10-14(12-18(20)21)16-4-2-3-5-17(16)19/h2-11,14H,12H2,1H3. The maximum absolute atomic E-state index is 13.9. The van der Waals surface area contributed by atoms with Gasteiger partial charge in [0.15, 0.2) is 0 Å². The summed E-state index contributed by atoms with van der Waals surface area (Å²) in [4.78, 5) is 12.4. The fraction of sp³-hybridized carbons (Fsp3) is 0.167. The summed E-state index contributed by atoms with van der Waals surface area (Å²) in [6, 6.07) is 12.5. The lowest BCUT2D eigenvalue weighted by Gasteiger charge is -2.26. The number of nitrogens with zero attached hydrogens (tertiary/aromatic N) is 1. The molecule has 0 aliphatic carbocycles. The minimum Gasteiger partial charge on any atom is -0.273 e.